The number of rotatable bonds is 12. The van der Waals surface area contributed by atoms with Gasteiger partial charge in [0.05, 0.1) is 54.9 Å². The molecule has 53 heavy (non-hydrogen) atoms. The van der Waals surface area contributed by atoms with Crippen LogP contribution in [-0.2, 0) is 33.3 Å². The number of pyridine rings is 1. The van der Waals surface area contributed by atoms with Gasteiger partial charge in [-0.05, 0) is 65.1 Å². The van der Waals surface area contributed by atoms with Crippen LogP contribution >= 0.6 is 11.6 Å². The van der Waals surface area contributed by atoms with Crippen LogP contribution in [0.5, 0.6) is 5.75 Å². The molecule has 9 nitrogen and oxygen atoms in total. The monoisotopic (exact) mass is 783 g/mol. The van der Waals surface area contributed by atoms with Crippen LogP contribution in [0.25, 0.3) is 0 Å². The minimum Gasteiger partial charge on any atom is -0.495 e. The van der Waals surface area contributed by atoms with Gasteiger partial charge in [-0.2, -0.15) is 4.31 Å². The number of hydrogen-bond donors (Lipinski definition) is 1. The average molecular weight is 784 g/mol. The van der Waals surface area contributed by atoms with Crippen molar-refractivity contribution in [3.8, 4) is 5.75 Å². The second-order valence-electron chi connectivity index (χ2n) is 13.4. The highest BCUT2D eigenvalue weighted by molar-refractivity contribution is 7.89. The molecule has 0 radical (unpaired) electrons. The summed E-state index contributed by atoms with van der Waals surface area (Å²) in [7, 11) is -4.62. The van der Waals surface area contributed by atoms with Crippen LogP contribution in [0.1, 0.15) is 72.3 Å². The molecule has 1 heterocycles. The molecule has 1 aromatic heterocycles. The number of aromatic nitrogens is 1. The molecule has 0 atom stereocenters. The van der Waals surface area contributed by atoms with E-state index in [1.807, 2.05) is 39.0 Å². The molecule has 5 rings (SSSR count). The molecule has 0 bridgehead atoms. The lowest BCUT2D eigenvalue weighted by Gasteiger charge is -2.29. The van der Waals surface area contributed by atoms with E-state index in [9.17, 15) is 40.7 Å². The summed E-state index contributed by atoms with van der Waals surface area (Å²) in [4.78, 5) is 28.7. The maximum absolute atomic E-state index is 15.0. The summed E-state index contributed by atoms with van der Waals surface area (Å²) in [5.41, 5.74) is 1.39. The number of amides is 1. The molecule has 4 aromatic rings. The fourth-order valence-corrected chi connectivity index (χ4v) is 7.22. The number of nitrogens with zero attached hydrogens (tertiary/aromatic N) is 3. The first kappa shape index (κ1) is 39.5. The standard InChI is InChI=1S/C36H32ClF6N3O6S/c1-36(2,3)22-10-18(9-21(11-22)19-5-6-19)15-46(26-8-7-20(35(48)49)12-27(26)52-4)28(47)17-45(16-25-24(37)13-23(38)14-44-25)53(50,51)34-32(42)30(40)29(39)31(41)33(34)43/h7-14,19H,5-6,15-17H2,1-4H3,(H,48,49). The van der Waals surface area contributed by atoms with Crippen LogP contribution in [0.4, 0.5) is 32.0 Å². The summed E-state index contributed by atoms with van der Waals surface area (Å²) in [5.74, 6) is -16.4. The Balaban J connectivity index is 1.68. The van der Waals surface area contributed by atoms with Crippen molar-refractivity contribution in [1.82, 2.24) is 9.29 Å². The van der Waals surface area contributed by atoms with E-state index in [2.05, 4.69) is 4.98 Å². The maximum Gasteiger partial charge on any atom is 0.335 e. The summed E-state index contributed by atoms with van der Waals surface area (Å²) in [6, 6.07) is 9.98. The molecule has 3 aromatic carbocycles. The number of sulfonamides is 1. The lowest BCUT2D eigenvalue weighted by molar-refractivity contribution is -0.119. The lowest BCUT2D eigenvalue weighted by Crippen LogP contribution is -2.43. The summed E-state index contributed by atoms with van der Waals surface area (Å²) in [6.07, 6.45) is 2.50. The molecule has 1 N–H and O–H groups in total. The van der Waals surface area contributed by atoms with Gasteiger partial charge >= 0.3 is 5.97 Å². The third-order valence-electron chi connectivity index (χ3n) is 8.58. The third kappa shape index (κ3) is 8.29. The summed E-state index contributed by atoms with van der Waals surface area (Å²) in [5, 5.41) is 9.10. The van der Waals surface area contributed by atoms with E-state index in [1.54, 1.807) is 0 Å². The lowest BCUT2D eigenvalue weighted by atomic mass is 9.84. The van der Waals surface area contributed by atoms with Crippen molar-refractivity contribution < 1.29 is 54.2 Å². The molecular weight excluding hydrogens is 752 g/mol. The van der Waals surface area contributed by atoms with E-state index in [0.29, 0.717) is 11.8 Å². The third-order valence-corrected chi connectivity index (χ3v) is 10.7. The molecule has 1 aliphatic rings. The van der Waals surface area contributed by atoms with E-state index in [4.69, 9.17) is 16.3 Å². The molecule has 0 unspecified atom stereocenters. The maximum atomic E-state index is 15.0. The van der Waals surface area contributed by atoms with E-state index in [0.717, 1.165) is 47.1 Å². The van der Waals surface area contributed by atoms with Crippen molar-refractivity contribution in [2.24, 2.45) is 0 Å². The fourth-order valence-electron chi connectivity index (χ4n) is 5.55. The van der Waals surface area contributed by atoms with Crippen LogP contribution in [0.2, 0.25) is 5.02 Å². The quantitative estimate of drug-likeness (QED) is 0.0883. The van der Waals surface area contributed by atoms with E-state index < -0.39 is 85.5 Å². The Labute approximate surface area is 305 Å². The Bertz CT molecular complexity index is 2200. The Hall–Kier alpha value is -4.67. The zero-order valence-corrected chi connectivity index (χ0v) is 30.2. The smallest absolute Gasteiger partial charge is 0.335 e. The highest BCUT2D eigenvalue weighted by Gasteiger charge is 2.39. The van der Waals surface area contributed by atoms with Crippen LogP contribution < -0.4 is 9.64 Å². The van der Waals surface area contributed by atoms with E-state index >= 15 is 8.78 Å². The number of aromatic carboxylic acids is 1. The van der Waals surface area contributed by atoms with Crippen LogP contribution in [0, 0.1) is 34.9 Å². The number of ether oxygens (including phenoxy) is 1. The van der Waals surface area contributed by atoms with Gasteiger partial charge in [-0.3, -0.25) is 9.78 Å². The van der Waals surface area contributed by atoms with Gasteiger partial charge in [-0.25, -0.2) is 39.6 Å². The van der Waals surface area contributed by atoms with Gasteiger partial charge in [0.15, 0.2) is 28.2 Å². The number of carbonyl (C=O) groups excluding carboxylic acids is 1. The second kappa shape index (κ2) is 15.0. The van der Waals surface area contributed by atoms with E-state index in [-0.39, 0.29) is 39.2 Å². The number of hydrogen-bond acceptors (Lipinski definition) is 6. The molecule has 282 valence electrons. The van der Waals surface area contributed by atoms with Gasteiger partial charge in [-0.15, -0.1) is 0 Å². The normalized spacial score (nSPS) is 13.4. The minimum atomic E-state index is -5.81. The van der Waals surface area contributed by atoms with Crippen molar-refractivity contribution in [2.75, 3.05) is 18.6 Å². The molecule has 17 heteroatoms. The van der Waals surface area contributed by atoms with Gasteiger partial charge in [0.2, 0.25) is 21.7 Å². The SMILES string of the molecule is COc1cc(C(=O)O)ccc1N(Cc1cc(C2CC2)cc(C(C)(C)C)c1)C(=O)CN(Cc1ncc(F)cc1Cl)S(=O)(=O)c1c(F)c(F)c(F)c(F)c1F. The molecular formula is C36H32ClF6N3O6S. The topological polar surface area (TPSA) is 117 Å². The van der Waals surface area contributed by atoms with Crippen molar-refractivity contribution >= 4 is 39.2 Å². The molecule has 0 spiro atoms. The van der Waals surface area contributed by atoms with E-state index in [1.165, 1.54) is 13.2 Å². The van der Waals surface area contributed by atoms with Gasteiger partial charge < -0.3 is 14.7 Å². The predicted molar refractivity (Wildman–Crippen MR) is 181 cm³/mol. The Morgan fingerprint density at radius 2 is 1.55 bits per heavy atom. The molecule has 1 amide bonds. The van der Waals surface area contributed by atoms with Crippen molar-refractivity contribution in [3.63, 3.8) is 0 Å². The largest absolute Gasteiger partial charge is 0.495 e. The van der Waals surface area contributed by atoms with Gasteiger partial charge in [0, 0.05) is 0 Å². The van der Waals surface area contributed by atoms with Crippen molar-refractivity contribution in [3.05, 3.63) is 117 Å². The molecule has 0 aliphatic heterocycles. The van der Waals surface area contributed by atoms with Crippen LogP contribution in [0.15, 0.2) is 53.6 Å². The van der Waals surface area contributed by atoms with Crippen molar-refractivity contribution in [2.45, 2.75) is 62.9 Å². The summed E-state index contributed by atoms with van der Waals surface area (Å²) >= 11 is 6.08. The number of carboxylic acid groups (broad SMARTS) is 1. The number of benzene rings is 3. The Morgan fingerprint density at radius 1 is 0.925 bits per heavy atom. The average Bonchev–Trinajstić information content (AvgIpc) is 3.95. The highest BCUT2D eigenvalue weighted by atomic mass is 35.5. The van der Waals surface area contributed by atoms with Gasteiger partial charge in [-0.1, -0.05) is 50.6 Å². The number of carbonyl (C=O) groups is 2. The number of halogens is 7. The fraction of sp³-hybridized carbons (Fsp3) is 0.306. The highest BCUT2D eigenvalue weighted by Crippen LogP contribution is 2.42. The van der Waals surface area contributed by atoms with Crippen molar-refractivity contribution in [1.29, 1.82) is 0 Å². The molecule has 1 fully saturated rings. The zero-order chi connectivity index (χ0) is 39.2. The molecule has 1 aliphatic carbocycles. The summed E-state index contributed by atoms with van der Waals surface area (Å²) in [6.45, 7) is 3.25. The first-order valence-corrected chi connectivity index (χ1v) is 17.7. The van der Waals surface area contributed by atoms with Crippen LogP contribution in [-0.4, -0.2) is 48.3 Å². The van der Waals surface area contributed by atoms with Crippen LogP contribution in [0.3, 0.4) is 0 Å². The van der Waals surface area contributed by atoms with Gasteiger partial charge in [0.1, 0.15) is 11.6 Å². The zero-order valence-electron chi connectivity index (χ0n) is 28.6. The molecule has 1 saturated carbocycles. The van der Waals surface area contributed by atoms with Gasteiger partial charge in [0.25, 0.3) is 0 Å². The first-order chi connectivity index (χ1) is 24.7. The first-order valence-electron chi connectivity index (χ1n) is 15.9. The number of carboxylic acids is 1. The Morgan fingerprint density at radius 3 is 2.09 bits per heavy atom. The number of methoxy groups -OCH3 is 1. The Kier molecular flexibility index (Phi) is 11.2. The predicted octanol–water partition coefficient (Wildman–Crippen LogP) is 7.88. The minimum absolute atomic E-state index is 0.0526. The summed E-state index contributed by atoms with van der Waals surface area (Å²) < 4.78 is 120. The second-order valence-corrected chi connectivity index (χ2v) is 15.7. The molecule has 0 saturated heterocycles. The number of anilines is 1.